The number of nitrogens with one attached hydrogen (secondary N) is 5. The molecule has 2 aromatic carbocycles. The fourth-order valence-electron chi connectivity index (χ4n) is 6.97. The Bertz CT molecular complexity index is 2050. The van der Waals surface area contributed by atoms with Crippen molar-refractivity contribution in [3.05, 3.63) is 57.6 Å². The minimum atomic E-state index is -2.34. The van der Waals surface area contributed by atoms with Crippen LogP contribution in [-0.2, 0) is 40.8 Å². The van der Waals surface area contributed by atoms with Crippen LogP contribution in [0.5, 0.6) is 11.5 Å². The molecule has 2 aromatic rings. The molecule has 0 aliphatic carbocycles. The normalized spacial score (nSPS) is 13.0. The Morgan fingerprint density at radius 3 is 1.18 bits per heavy atom. The highest BCUT2D eigenvalue weighted by Crippen LogP contribution is 2.41. The van der Waals surface area contributed by atoms with Crippen LogP contribution in [0.4, 0.5) is 0 Å². The lowest BCUT2D eigenvalue weighted by Gasteiger charge is -2.34. The molecule has 372 valence electrons. The van der Waals surface area contributed by atoms with E-state index in [1.54, 1.807) is 0 Å². The molecule has 0 spiro atoms. The second kappa shape index (κ2) is 22.3. The summed E-state index contributed by atoms with van der Waals surface area (Å²) in [5.41, 5.74) is 18.9. The molecule has 20 nitrogen and oxygen atoms in total. The quantitative estimate of drug-likeness (QED) is 0.0417. The van der Waals surface area contributed by atoms with Gasteiger partial charge in [0, 0.05) is 46.5 Å². The number of amides is 5. The van der Waals surface area contributed by atoms with E-state index in [1.165, 1.54) is 31.2 Å². The third kappa shape index (κ3) is 16.7. The molecule has 0 saturated carbocycles. The van der Waals surface area contributed by atoms with Crippen molar-refractivity contribution < 1.29 is 44.1 Å². The molecule has 20 heteroatoms. The Kier molecular flexibility index (Phi) is 18.8. The van der Waals surface area contributed by atoms with Crippen LogP contribution < -0.4 is 49.5 Å². The highest BCUT2D eigenvalue weighted by atomic mass is 16.4. The van der Waals surface area contributed by atoms with Crippen LogP contribution in [0.1, 0.15) is 159 Å². The molecule has 2 rings (SSSR count). The van der Waals surface area contributed by atoms with E-state index < -0.39 is 81.5 Å². The van der Waals surface area contributed by atoms with E-state index >= 15 is 0 Å². The number of phenolic OH excluding ortho intramolecular Hbond substituents is 2. The minimum Gasteiger partial charge on any atom is -0.507 e. The van der Waals surface area contributed by atoms with E-state index in [9.17, 15) is 44.1 Å². The number of benzene rings is 2. The Morgan fingerprint density at radius 2 is 0.881 bits per heavy atom. The second-order valence-corrected chi connectivity index (χ2v) is 21.0. The average Bonchev–Trinajstić information content (AvgIpc) is 3.16. The fourth-order valence-corrected chi connectivity index (χ4v) is 6.97. The smallest absolute Gasteiger partial charge is 0.322 e. The predicted octanol–water partition coefficient (Wildman–Crippen LogP) is 2.44. The number of carbonyl (C=O) groups is 6. The van der Waals surface area contributed by atoms with Crippen molar-refractivity contribution >= 4 is 47.4 Å². The molecule has 0 saturated heterocycles. The summed E-state index contributed by atoms with van der Waals surface area (Å²) in [5.74, 6) is -6.20. The van der Waals surface area contributed by atoms with E-state index in [1.807, 2.05) is 83.1 Å². The van der Waals surface area contributed by atoms with Gasteiger partial charge in [0.2, 0.25) is 11.8 Å². The number of aliphatic carboxylic acids is 1. The zero-order valence-electron chi connectivity index (χ0n) is 41.4. The fraction of sp³-hybridized carbons (Fsp3) is 0.574. The number of hydrogen-bond donors (Lipinski definition) is 12. The molecule has 0 fully saturated rings. The number of aromatic hydroxyl groups is 2. The van der Waals surface area contributed by atoms with Gasteiger partial charge in [-0.25, -0.2) is 0 Å². The number of carboxylic acids is 1. The topological polar surface area (TPSA) is 352 Å². The predicted molar refractivity (Wildman–Crippen MR) is 259 cm³/mol. The van der Waals surface area contributed by atoms with Crippen molar-refractivity contribution in [3.8, 4) is 11.5 Å². The lowest BCUT2D eigenvalue weighted by atomic mass is 9.78. The summed E-state index contributed by atoms with van der Waals surface area (Å²) < 4.78 is 0. The van der Waals surface area contributed by atoms with Crippen LogP contribution >= 0.6 is 0 Å². The number of nitrogens with two attached hydrogens (primary N) is 4. The molecule has 0 unspecified atom stereocenters. The van der Waals surface area contributed by atoms with Gasteiger partial charge in [-0.15, -0.1) is 0 Å². The van der Waals surface area contributed by atoms with Crippen LogP contribution in [0.15, 0.2) is 34.3 Å². The molecule has 16 N–H and O–H groups in total. The van der Waals surface area contributed by atoms with Gasteiger partial charge in [-0.2, -0.15) is 0 Å². The van der Waals surface area contributed by atoms with E-state index in [4.69, 9.17) is 22.9 Å². The van der Waals surface area contributed by atoms with Crippen molar-refractivity contribution in [2.24, 2.45) is 32.9 Å². The highest BCUT2D eigenvalue weighted by Gasteiger charge is 2.41. The van der Waals surface area contributed by atoms with E-state index in [-0.39, 0.29) is 73.3 Å². The number of rotatable bonds is 19. The van der Waals surface area contributed by atoms with Crippen molar-refractivity contribution in [2.75, 3.05) is 19.6 Å². The summed E-state index contributed by atoms with van der Waals surface area (Å²) in [5, 5.41) is 44.9. The Hall–Kier alpha value is -6.60. The van der Waals surface area contributed by atoms with Gasteiger partial charge >= 0.3 is 5.97 Å². The first kappa shape index (κ1) is 56.5. The van der Waals surface area contributed by atoms with Crippen molar-refractivity contribution in [1.29, 1.82) is 0 Å². The Balaban J connectivity index is 2.86. The zero-order chi connectivity index (χ0) is 51.6. The van der Waals surface area contributed by atoms with Crippen LogP contribution in [0.3, 0.4) is 0 Å². The van der Waals surface area contributed by atoms with Gasteiger partial charge < -0.3 is 64.8 Å². The van der Waals surface area contributed by atoms with Crippen molar-refractivity contribution in [3.63, 3.8) is 0 Å². The Labute approximate surface area is 394 Å². The number of nitrogens with zero attached hydrogens (tertiary/aromatic N) is 2. The number of carboxylic acid groups (broad SMARTS) is 1. The van der Waals surface area contributed by atoms with Gasteiger partial charge in [-0.05, 0) is 78.5 Å². The van der Waals surface area contributed by atoms with Gasteiger partial charge in [0.05, 0.1) is 0 Å². The molecule has 0 aliphatic rings. The molecular weight excluding hydrogens is 863 g/mol. The lowest BCUT2D eigenvalue weighted by Crippen LogP contribution is -2.68. The van der Waals surface area contributed by atoms with Gasteiger partial charge in [-0.1, -0.05) is 83.1 Å². The standard InChI is InChI=1S/C47H75N11O9/c1-43(2,3)27-20-25(21-28(34(27)61)44(4,5)6)36(63)57-47(13,58-37(64)26-22-29(45(7,8)9)35(62)30(23-26)46(10,11)12)40(67)56-32(17-15-19-53-42(50)51)39(66)55-31(16-14-18-52-41(48)49)38(65)54-24-33(59)60/h20-23,31-32,61-62H,14-19,24H2,1-13H3,(H,54,65)(H,55,66)(H,56,67)(H,57,63)(H,58,64)(H,59,60)(H4,48,49,52)(H4,50,51,53)/t31-,32-/m0/s1. The van der Waals surface area contributed by atoms with E-state index in [0.717, 1.165) is 0 Å². The van der Waals surface area contributed by atoms with Gasteiger partial charge in [0.25, 0.3) is 17.7 Å². The van der Waals surface area contributed by atoms with Crippen LogP contribution in [0.25, 0.3) is 0 Å². The average molecular weight is 938 g/mol. The number of phenols is 2. The van der Waals surface area contributed by atoms with Crippen molar-refractivity contribution in [2.45, 2.75) is 155 Å². The van der Waals surface area contributed by atoms with Crippen LogP contribution in [0, 0.1) is 0 Å². The van der Waals surface area contributed by atoms with E-state index in [2.05, 4.69) is 36.6 Å². The molecule has 0 aliphatic heterocycles. The summed E-state index contributed by atoms with van der Waals surface area (Å²) in [4.78, 5) is 90.6. The lowest BCUT2D eigenvalue weighted by molar-refractivity contribution is -0.138. The molecular formula is C47H75N11O9. The van der Waals surface area contributed by atoms with Gasteiger partial charge in [-0.3, -0.25) is 38.8 Å². The SMILES string of the molecule is CC(NC(=O)c1cc(C(C)(C)C)c(O)c(C(C)(C)C)c1)(NC(=O)c1cc(C(C)(C)C)c(O)c(C(C)(C)C)c1)C(=O)N[C@@H](CCCN=C(N)N)C(=O)N[C@@H](CCCN=C(N)N)C(=O)NCC(=O)O. The van der Waals surface area contributed by atoms with Gasteiger partial charge in [0.1, 0.15) is 30.1 Å². The second-order valence-electron chi connectivity index (χ2n) is 21.0. The van der Waals surface area contributed by atoms with Crippen LogP contribution in [-0.4, -0.2) is 100 Å². The number of guanidine groups is 2. The summed E-state index contributed by atoms with van der Waals surface area (Å²) in [6, 6.07) is 3.24. The molecule has 67 heavy (non-hydrogen) atoms. The summed E-state index contributed by atoms with van der Waals surface area (Å²) in [6.45, 7) is 23.0. The minimum absolute atomic E-state index is 0.00255. The van der Waals surface area contributed by atoms with Crippen molar-refractivity contribution in [1.82, 2.24) is 26.6 Å². The third-order valence-corrected chi connectivity index (χ3v) is 10.7. The highest BCUT2D eigenvalue weighted by molar-refractivity contribution is 6.04. The number of aliphatic imine (C=N–C) groups is 2. The summed E-state index contributed by atoms with van der Waals surface area (Å²) >= 11 is 0. The number of hydrogen-bond acceptors (Lipinski definition) is 10. The monoisotopic (exact) mass is 938 g/mol. The maximum Gasteiger partial charge on any atom is 0.322 e. The molecule has 0 aromatic heterocycles. The maximum absolute atomic E-state index is 14.9. The molecule has 0 heterocycles. The summed E-state index contributed by atoms with van der Waals surface area (Å²) in [7, 11) is 0. The molecule has 0 radical (unpaired) electrons. The first-order valence-corrected chi connectivity index (χ1v) is 22.1. The Morgan fingerprint density at radius 1 is 0.552 bits per heavy atom. The molecule has 5 amide bonds. The third-order valence-electron chi connectivity index (χ3n) is 10.7. The molecule has 0 bridgehead atoms. The van der Waals surface area contributed by atoms with Crippen LogP contribution in [0.2, 0.25) is 0 Å². The van der Waals surface area contributed by atoms with Gasteiger partial charge in [0.15, 0.2) is 17.6 Å². The number of carbonyl (C=O) groups excluding carboxylic acids is 5. The summed E-state index contributed by atoms with van der Waals surface area (Å²) in [6.07, 6.45) is 0.111. The maximum atomic E-state index is 14.9. The molecule has 2 atom stereocenters. The largest absolute Gasteiger partial charge is 0.507 e. The van der Waals surface area contributed by atoms with E-state index in [0.29, 0.717) is 22.3 Å². The first-order valence-electron chi connectivity index (χ1n) is 22.1. The zero-order valence-corrected chi connectivity index (χ0v) is 41.4. The first-order chi connectivity index (χ1) is 30.5.